The molecule has 5 nitrogen and oxygen atoms in total. The van der Waals surface area contributed by atoms with Crippen LogP contribution in [0.1, 0.15) is 42.6 Å². The van der Waals surface area contributed by atoms with E-state index in [0.29, 0.717) is 24.4 Å². The summed E-state index contributed by atoms with van der Waals surface area (Å²) in [5.41, 5.74) is 5.83. The standard InChI is InChI=1S/C11H17N3O2S/c12-11(3-5-15-6-4-11)10-13-9(14-16-10)8-2-1-7-17-8/h8H,1-7,12H2. The lowest BCUT2D eigenvalue weighted by molar-refractivity contribution is 0.0400. The minimum atomic E-state index is -0.479. The van der Waals surface area contributed by atoms with E-state index in [-0.39, 0.29) is 0 Å². The zero-order valence-electron chi connectivity index (χ0n) is 9.72. The van der Waals surface area contributed by atoms with Gasteiger partial charge in [0.2, 0.25) is 5.89 Å². The van der Waals surface area contributed by atoms with Gasteiger partial charge >= 0.3 is 0 Å². The van der Waals surface area contributed by atoms with Crippen molar-refractivity contribution in [3.63, 3.8) is 0 Å². The first-order chi connectivity index (χ1) is 8.28. The maximum absolute atomic E-state index is 6.31. The summed E-state index contributed by atoms with van der Waals surface area (Å²) in [5.74, 6) is 2.60. The second-order valence-corrected chi connectivity index (χ2v) is 6.04. The van der Waals surface area contributed by atoms with Gasteiger partial charge in [0.25, 0.3) is 0 Å². The van der Waals surface area contributed by atoms with Crippen LogP contribution in [-0.2, 0) is 10.3 Å². The van der Waals surface area contributed by atoms with Gasteiger partial charge in [0.1, 0.15) is 5.54 Å². The molecule has 1 unspecified atom stereocenters. The van der Waals surface area contributed by atoms with Crippen molar-refractivity contribution >= 4 is 11.8 Å². The first kappa shape index (κ1) is 11.5. The van der Waals surface area contributed by atoms with Crippen molar-refractivity contribution in [3.05, 3.63) is 11.7 Å². The molecule has 2 fully saturated rings. The summed E-state index contributed by atoms with van der Waals surface area (Å²) in [5, 5.41) is 4.49. The number of hydrogen-bond donors (Lipinski definition) is 1. The summed E-state index contributed by atoms with van der Waals surface area (Å²) in [6.07, 6.45) is 3.89. The lowest BCUT2D eigenvalue weighted by Crippen LogP contribution is -2.42. The Labute approximate surface area is 104 Å². The lowest BCUT2D eigenvalue weighted by atomic mass is 9.91. The van der Waals surface area contributed by atoms with Gasteiger partial charge in [-0.15, -0.1) is 0 Å². The van der Waals surface area contributed by atoms with Gasteiger partial charge in [-0.1, -0.05) is 5.16 Å². The van der Waals surface area contributed by atoms with Crippen molar-refractivity contribution in [3.8, 4) is 0 Å². The quantitative estimate of drug-likeness (QED) is 0.865. The van der Waals surface area contributed by atoms with Crippen LogP contribution in [0.25, 0.3) is 0 Å². The maximum Gasteiger partial charge on any atom is 0.246 e. The molecule has 2 N–H and O–H groups in total. The molecular formula is C11H17N3O2S. The van der Waals surface area contributed by atoms with Gasteiger partial charge in [-0.2, -0.15) is 16.7 Å². The van der Waals surface area contributed by atoms with Gasteiger partial charge in [-0.05, 0) is 31.4 Å². The average Bonchev–Trinajstić information content (AvgIpc) is 3.01. The summed E-state index contributed by atoms with van der Waals surface area (Å²) in [4.78, 5) is 4.51. The third-order valence-electron chi connectivity index (χ3n) is 3.47. The summed E-state index contributed by atoms with van der Waals surface area (Å²) in [6, 6.07) is 0. The Hall–Kier alpha value is -0.590. The van der Waals surface area contributed by atoms with E-state index in [0.717, 1.165) is 25.1 Å². The molecule has 17 heavy (non-hydrogen) atoms. The van der Waals surface area contributed by atoms with Crippen molar-refractivity contribution in [1.29, 1.82) is 0 Å². The van der Waals surface area contributed by atoms with E-state index in [1.54, 1.807) is 0 Å². The molecule has 0 spiro atoms. The fourth-order valence-corrected chi connectivity index (χ4v) is 3.49. The van der Waals surface area contributed by atoms with Crippen LogP contribution in [0.15, 0.2) is 4.52 Å². The van der Waals surface area contributed by atoms with Gasteiger partial charge in [0, 0.05) is 13.2 Å². The van der Waals surface area contributed by atoms with Crippen LogP contribution in [0.4, 0.5) is 0 Å². The van der Waals surface area contributed by atoms with Gasteiger partial charge in [0.15, 0.2) is 5.82 Å². The Kier molecular flexibility index (Phi) is 3.10. The number of aromatic nitrogens is 2. The number of nitrogens with two attached hydrogens (primary N) is 1. The lowest BCUT2D eigenvalue weighted by Gasteiger charge is -2.29. The second-order valence-electron chi connectivity index (χ2n) is 4.73. The zero-order valence-corrected chi connectivity index (χ0v) is 10.5. The zero-order chi connectivity index (χ0) is 11.7. The van der Waals surface area contributed by atoms with Crippen LogP contribution < -0.4 is 5.73 Å². The van der Waals surface area contributed by atoms with Crippen molar-refractivity contribution in [2.45, 2.75) is 36.5 Å². The molecule has 0 bridgehead atoms. The summed E-state index contributed by atoms with van der Waals surface area (Å²) in [6.45, 7) is 1.35. The molecule has 2 aliphatic rings. The van der Waals surface area contributed by atoms with E-state index >= 15 is 0 Å². The molecule has 0 amide bonds. The summed E-state index contributed by atoms with van der Waals surface area (Å²) in [7, 11) is 0. The fourth-order valence-electron chi connectivity index (χ4n) is 2.30. The van der Waals surface area contributed by atoms with Crippen LogP contribution in [0.5, 0.6) is 0 Å². The SMILES string of the molecule is NC1(c2nc(C3CCCS3)no2)CCOCC1. The molecule has 2 saturated heterocycles. The van der Waals surface area contributed by atoms with E-state index in [9.17, 15) is 0 Å². The minimum Gasteiger partial charge on any atom is -0.381 e. The molecule has 1 aromatic rings. The molecular weight excluding hydrogens is 238 g/mol. The van der Waals surface area contributed by atoms with E-state index in [1.165, 1.54) is 12.2 Å². The predicted octanol–water partition coefficient (Wildman–Crippen LogP) is 1.60. The van der Waals surface area contributed by atoms with Crippen molar-refractivity contribution in [2.24, 2.45) is 5.73 Å². The number of ether oxygens (including phenoxy) is 1. The second kappa shape index (κ2) is 4.59. The van der Waals surface area contributed by atoms with E-state index in [4.69, 9.17) is 15.0 Å². The predicted molar refractivity (Wildman–Crippen MR) is 64.6 cm³/mol. The van der Waals surface area contributed by atoms with Crippen molar-refractivity contribution in [1.82, 2.24) is 10.1 Å². The van der Waals surface area contributed by atoms with Gasteiger partial charge in [-0.25, -0.2) is 0 Å². The van der Waals surface area contributed by atoms with Crippen LogP contribution in [-0.4, -0.2) is 29.1 Å². The minimum absolute atomic E-state index is 0.399. The third kappa shape index (κ3) is 2.21. The highest BCUT2D eigenvalue weighted by atomic mass is 32.2. The Morgan fingerprint density at radius 3 is 2.88 bits per heavy atom. The number of hydrogen-bond acceptors (Lipinski definition) is 6. The van der Waals surface area contributed by atoms with Crippen LogP contribution in [0.3, 0.4) is 0 Å². The normalized spacial score (nSPS) is 28.4. The number of nitrogens with zero attached hydrogens (tertiary/aromatic N) is 2. The highest BCUT2D eigenvalue weighted by Gasteiger charge is 2.36. The molecule has 94 valence electrons. The smallest absolute Gasteiger partial charge is 0.246 e. The molecule has 0 aliphatic carbocycles. The maximum atomic E-state index is 6.31. The molecule has 1 atom stereocenters. The average molecular weight is 255 g/mol. The molecule has 1 aromatic heterocycles. The highest BCUT2D eigenvalue weighted by Crippen LogP contribution is 2.39. The molecule has 3 heterocycles. The van der Waals surface area contributed by atoms with Gasteiger partial charge in [0.05, 0.1) is 5.25 Å². The first-order valence-corrected chi connectivity index (χ1v) is 7.15. The van der Waals surface area contributed by atoms with Crippen LogP contribution in [0.2, 0.25) is 0 Å². The molecule has 0 aromatic carbocycles. The highest BCUT2D eigenvalue weighted by molar-refractivity contribution is 7.99. The van der Waals surface area contributed by atoms with E-state index in [1.807, 2.05) is 11.8 Å². The van der Waals surface area contributed by atoms with Crippen LogP contribution >= 0.6 is 11.8 Å². The topological polar surface area (TPSA) is 74.2 Å². The fraction of sp³-hybridized carbons (Fsp3) is 0.818. The van der Waals surface area contributed by atoms with Gasteiger partial charge < -0.3 is 15.0 Å². The number of rotatable bonds is 2. The van der Waals surface area contributed by atoms with Crippen molar-refractivity contribution < 1.29 is 9.26 Å². The third-order valence-corrected chi connectivity index (χ3v) is 4.84. The van der Waals surface area contributed by atoms with E-state index < -0.39 is 5.54 Å². The Balaban J connectivity index is 1.78. The Morgan fingerprint density at radius 1 is 1.35 bits per heavy atom. The summed E-state index contributed by atoms with van der Waals surface area (Å²) < 4.78 is 10.7. The molecule has 0 radical (unpaired) electrons. The van der Waals surface area contributed by atoms with Crippen molar-refractivity contribution in [2.75, 3.05) is 19.0 Å². The molecule has 6 heteroatoms. The Bertz CT molecular complexity index is 384. The monoisotopic (exact) mass is 255 g/mol. The summed E-state index contributed by atoms with van der Waals surface area (Å²) >= 11 is 1.90. The molecule has 3 rings (SSSR count). The Morgan fingerprint density at radius 2 is 2.18 bits per heavy atom. The van der Waals surface area contributed by atoms with Crippen LogP contribution in [0, 0.1) is 0 Å². The first-order valence-electron chi connectivity index (χ1n) is 6.10. The molecule has 2 aliphatic heterocycles. The van der Waals surface area contributed by atoms with Gasteiger partial charge in [-0.3, -0.25) is 0 Å². The molecule has 0 saturated carbocycles. The largest absolute Gasteiger partial charge is 0.381 e. The number of thioether (sulfide) groups is 1. The van der Waals surface area contributed by atoms with E-state index in [2.05, 4.69) is 10.1 Å².